The minimum atomic E-state index is -0.194. The van der Waals surface area contributed by atoms with Crippen LogP contribution in [0.25, 0.3) is 0 Å². The molecule has 150 valence electrons. The van der Waals surface area contributed by atoms with Crippen molar-refractivity contribution in [3.8, 4) is 0 Å². The smallest absolute Gasteiger partial charge is 0.325 e. The maximum atomic E-state index is 12.6. The second-order valence-corrected chi connectivity index (χ2v) is 8.45. The Kier molecular flexibility index (Phi) is 6.91. The van der Waals surface area contributed by atoms with Crippen molar-refractivity contribution in [1.29, 1.82) is 0 Å². The average molecular weight is 401 g/mol. The average Bonchev–Trinajstić information content (AvgIpc) is 3.13. The lowest BCUT2D eigenvalue weighted by atomic mass is 10.2. The molecule has 3 rings (SSSR count). The first-order chi connectivity index (χ1) is 13.4. The van der Waals surface area contributed by atoms with Crippen LogP contribution in [0.4, 0.5) is 5.69 Å². The number of fused-ring (bicyclic) bond motifs is 1. The molecule has 1 aliphatic carbocycles. The van der Waals surface area contributed by atoms with Crippen LogP contribution in [0.2, 0.25) is 0 Å². The van der Waals surface area contributed by atoms with Gasteiger partial charge in [-0.2, -0.15) is 4.98 Å². The molecule has 0 saturated carbocycles. The number of amides is 1. The lowest BCUT2D eigenvalue weighted by Crippen LogP contribution is -2.29. The normalized spacial score (nSPS) is 13.0. The number of aryl methyl sites for hydroxylation is 1. The molecular weight excluding hydrogens is 372 g/mol. The van der Waals surface area contributed by atoms with Gasteiger partial charge in [-0.3, -0.25) is 9.36 Å². The highest BCUT2D eigenvalue weighted by Gasteiger charge is 2.22. The number of anilines is 1. The Morgan fingerprint density at radius 3 is 2.71 bits per heavy atom. The van der Waals surface area contributed by atoms with E-state index in [0.717, 1.165) is 59.8 Å². The molecule has 0 saturated heterocycles. The monoisotopic (exact) mass is 400 g/mol. The predicted octanol–water partition coefficient (Wildman–Crippen LogP) is 2.72. The van der Waals surface area contributed by atoms with E-state index in [1.165, 1.54) is 11.8 Å². The summed E-state index contributed by atoms with van der Waals surface area (Å²) in [4.78, 5) is 31.3. The van der Waals surface area contributed by atoms with Gasteiger partial charge in [0, 0.05) is 23.5 Å². The zero-order chi connectivity index (χ0) is 20.1. The van der Waals surface area contributed by atoms with Gasteiger partial charge in [0.05, 0.1) is 5.75 Å². The Balaban J connectivity index is 1.66. The molecule has 0 bridgehead atoms. The molecule has 0 fully saturated rings. The van der Waals surface area contributed by atoms with E-state index in [1.807, 2.05) is 49.9 Å². The van der Waals surface area contributed by atoms with Gasteiger partial charge in [0.15, 0.2) is 0 Å². The van der Waals surface area contributed by atoms with Crippen LogP contribution in [0.5, 0.6) is 0 Å². The van der Waals surface area contributed by atoms with Crippen LogP contribution in [0, 0.1) is 6.92 Å². The molecule has 0 aliphatic heterocycles. The van der Waals surface area contributed by atoms with Gasteiger partial charge in [-0.25, -0.2) is 4.79 Å². The van der Waals surface area contributed by atoms with Gasteiger partial charge in [0.25, 0.3) is 0 Å². The second-order valence-electron chi connectivity index (χ2n) is 7.49. The minimum absolute atomic E-state index is 0.0856. The van der Waals surface area contributed by atoms with E-state index in [9.17, 15) is 9.59 Å². The van der Waals surface area contributed by atoms with E-state index in [-0.39, 0.29) is 17.3 Å². The third-order valence-corrected chi connectivity index (χ3v) is 5.88. The summed E-state index contributed by atoms with van der Waals surface area (Å²) in [6.45, 7) is 3.65. The molecule has 1 amide bonds. The number of thioether (sulfide) groups is 1. The molecule has 1 aromatic carbocycles. The summed E-state index contributed by atoms with van der Waals surface area (Å²) >= 11 is 1.36. The van der Waals surface area contributed by atoms with Gasteiger partial charge >= 0.3 is 5.69 Å². The molecule has 1 aliphatic rings. The molecule has 1 aromatic heterocycles. The standard InChI is InChI=1S/C21H28N4O2S/c1-15-8-10-16(11-9-15)22-19(26)14-28-20-17-6-4-7-18(17)25(21(27)23-20)13-5-12-24(2)3/h8-11H,4-7,12-14H2,1-3H3,(H,22,26). The summed E-state index contributed by atoms with van der Waals surface area (Å²) in [5.74, 6) is 0.162. The molecule has 7 heteroatoms. The van der Waals surface area contributed by atoms with Crippen LogP contribution in [-0.4, -0.2) is 46.8 Å². The summed E-state index contributed by atoms with van der Waals surface area (Å²) in [7, 11) is 4.07. The van der Waals surface area contributed by atoms with Crippen LogP contribution in [-0.2, 0) is 24.2 Å². The molecule has 1 heterocycles. The number of nitrogens with zero attached hydrogens (tertiary/aromatic N) is 3. The highest BCUT2D eigenvalue weighted by atomic mass is 32.2. The molecule has 0 unspecified atom stereocenters. The van der Waals surface area contributed by atoms with E-state index in [2.05, 4.69) is 15.2 Å². The maximum absolute atomic E-state index is 12.6. The Labute approximate surface area is 170 Å². The number of carbonyl (C=O) groups is 1. The van der Waals surface area contributed by atoms with Crippen molar-refractivity contribution in [3.63, 3.8) is 0 Å². The quantitative estimate of drug-likeness (QED) is 0.545. The lowest BCUT2D eigenvalue weighted by Gasteiger charge is -2.15. The highest BCUT2D eigenvalue weighted by molar-refractivity contribution is 8.00. The van der Waals surface area contributed by atoms with E-state index in [4.69, 9.17) is 0 Å². The molecule has 6 nitrogen and oxygen atoms in total. The van der Waals surface area contributed by atoms with E-state index >= 15 is 0 Å². The van der Waals surface area contributed by atoms with Crippen molar-refractivity contribution in [3.05, 3.63) is 51.6 Å². The van der Waals surface area contributed by atoms with E-state index < -0.39 is 0 Å². The summed E-state index contributed by atoms with van der Waals surface area (Å²) in [6, 6.07) is 7.71. The van der Waals surface area contributed by atoms with Crippen LogP contribution < -0.4 is 11.0 Å². The zero-order valence-corrected chi connectivity index (χ0v) is 17.6. The first-order valence-electron chi connectivity index (χ1n) is 9.70. The third-order valence-electron chi connectivity index (χ3n) is 4.86. The predicted molar refractivity (Wildman–Crippen MR) is 114 cm³/mol. The summed E-state index contributed by atoms with van der Waals surface area (Å²) in [5.41, 5.74) is 4.00. The largest absolute Gasteiger partial charge is 0.348 e. The Morgan fingerprint density at radius 2 is 2.00 bits per heavy atom. The fraction of sp³-hybridized carbons (Fsp3) is 0.476. The number of hydrogen-bond acceptors (Lipinski definition) is 5. The van der Waals surface area contributed by atoms with Crippen molar-refractivity contribution in [1.82, 2.24) is 14.5 Å². The van der Waals surface area contributed by atoms with Crippen LogP contribution in [0.1, 0.15) is 29.7 Å². The molecular formula is C21H28N4O2S. The van der Waals surface area contributed by atoms with Gasteiger partial charge < -0.3 is 10.2 Å². The van der Waals surface area contributed by atoms with Gasteiger partial charge in [-0.05, 0) is 65.4 Å². The fourth-order valence-electron chi connectivity index (χ4n) is 3.45. The SMILES string of the molecule is Cc1ccc(NC(=O)CSc2nc(=O)n(CCCN(C)C)c3c2CCC3)cc1. The first kappa shape index (κ1) is 20.6. The molecule has 28 heavy (non-hydrogen) atoms. The highest BCUT2D eigenvalue weighted by Crippen LogP contribution is 2.29. The third kappa shape index (κ3) is 5.23. The molecule has 0 atom stereocenters. The fourth-order valence-corrected chi connectivity index (χ4v) is 4.33. The van der Waals surface area contributed by atoms with Crippen molar-refractivity contribution in [2.24, 2.45) is 0 Å². The zero-order valence-electron chi connectivity index (χ0n) is 16.8. The van der Waals surface area contributed by atoms with Crippen LogP contribution in [0.3, 0.4) is 0 Å². The first-order valence-corrected chi connectivity index (χ1v) is 10.7. The second kappa shape index (κ2) is 9.39. The van der Waals surface area contributed by atoms with Crippen molar-refractivity contribution >= 4 is 23.4 Å². The molecule has 0 spiro atoms. The Bertz CT molecular complexity index is 891. The van der Waals surface area contributed by atoms with Gasteiger partial charge in [-0.15, -0.1) is 0 Å². The Hall–Kier alpha value is -2.12. The molecule has 2 aromatic rings. The number of aromatic nitrogens is 2. The topological polar surface area (TPSA) is 67.2 Å². The van der Waals surface area contributed by atoms with Crippen molar-refractivity contribution in [2.75, 3.05) is 31.7 Å². The number of nitrogens with one attached hydrogen (secondary N) is 1. The van der Waals surface area contributed by atoms with Crippen molar-refractivity contribution in [2.45, 2.75) is 44.2 Å². The van der Waals surface area contributed by atoms with E-state index in [0.29, 0.717) is 6.54 Å². The number of rotatable bonds is 8. The van der Waals surface area contributed by atoms with Gasteiger partial charge in [0.1, 0.15) is 5.03 Å². The summed E-state index contributed by atoms with van der Waals surface area (Å²) < 4.78 is 1.84. The summed E-state index contributed by atoms with van der Waals surface area (Å²) in [5, 5.41) is 3.62. The van der Waals surface area contributed by atoms with Crippen LogP contribution in [0.15, 0.2) is 34.1 Å². The Morgan fingerprint density at radius 1 is 1.25 bits per heavy atom. The van der Waals surface area contributed by atoms with Crippen molar-refractivity contribution < 1.29 is 4.79 Å². The summed E-state index contributed by atoms with van der Waals surface area (Å²) in [6.07, 6.45) is 3.81. The number of carbonyl (C=O) groups excluding carboxylic acids is 1. The number of benzene rings is 1. The lowest BCUT2D eigenvalue weighted by molar-refractivity contribution is -0.113. The minimum Gasteiger partial charge on any atom is -0.325 e. The van der Waals surface area contributed by atoms with Gasteiger partial charge in [-0.1, -0.05) is 29.5 Å². The van der Waals surface area contributed by atoms with Gasteiger partial charge in [0.2, 0.25) is 5.91 Å². The molecule has 0 radical (unpaired) electrons. The van der Waals surface area contributed by atoms with E-state index in [1.54, 1.807) is 0 Å². The molecule has 1 N–H and O–H groups in total. The maximum Gasteiger partial charge on any atom is 0.348 e. The van der Waals surface area contributed by atoms with Crippen LogP contribution >= 0.6 is 11.8 Å². The number of hydrogen-bond donors (Lipinski definition) is 1.